The van der Waals surface area contributed by atoms with Gasteiger partial charge in [-0.05, 0) is 30.2 Å². The summed E-state index contributed by atoms with van der Waals surface area (Å²) in [5.74, 6) is -0.453. The summed E-state index contributed by atoms with van der Waals surface area (Å²) in [6, 6.07) is 15.9. The van der Waals surface area contributed by atoms with Crippen LogP contribution in [0.4, 0.5) is 4.79 Å². The highest BCUT2D eigenvalue weighted by atomic mass is 35.5. The minimum atomic E-state index is -0.578. The number of carbonyl (C=O) groups excluding carboxylic acids is 2. The van der Waals surface area contributed by atoms with Gasteiger partial charge in [-0.3, -0.25) is 0 Å². The Hall–Kier alpha value is -2.79. The van der Waals surface area contributed by atoms with Gasteiger partial charge in [-0.15, -0.1) is 0 Å². The maximum atomic E-state index is 12.7. The van der Waals surface area contributed by atoms with E-state index in [1.807, 2.05) is 30.3 Å². The van der Waals surface area contributed by atoms with Gasteiger partial charge in [0.1, 0.15) is 0 Å². The first-order valence-electron chi connectivity index (χ1n) is 8.29. The van der Waals surface area contributed by atoms with Gasteiger partial charge in [0.2, 0.25) is 0 Å². The number of hydrogen-bond acceptors (Lipinski definition) is 3. The molecule has 0 spiro atoms. The minimum Gasteiger partial charge on any atom is -0.462 e. The molecular formula is C20H19ClN2O3. The molecule has 1 atom stereocenters. The van der Waals surface area contributed by atoms with Crippen LogP contribution in [-0.4, -0.2) is 18.6 Å². The van der Waals surface area contributed by atoms with E-state index in [-0.39, 0.29) is 12.6 Å². The number of hydrogen-bond donors (Lipinski definition) is 2. The van der Waals surface area contributed by atoms with Crippen molar-refractivity contribution >= 4 is 23.6 Å². The second-order valence-corrected chi connectivity index (χ2v) is 6.43. The number of nitrogens with one attached hydrogen (secondary N) is 2. The molecule has 0 fully saturated rings. The molecule has 6 heteroatoms. The highest BCUT2D eigenvalue weighted by molar-refractivity contribution is 6.30. The van der Waals surface area contributed by atoms with E-state index in [0.29, 0.717) is 22.7 Å². The molecule has 26 heavy (non-hydrogen) atoms. The summed E-state index contributed by atoms with van der Waals surface area (Å²) >= 11 is 5.93. The Bertz CT molecular complexity index is 832. The zero-order chi connectivity index (χ0) is 18.5. The molecule has 2 N–H and O–H groups in total. The van der Waals surface area contributed by atoms with Crippen molar-refractivity contribution < 1.29 is 14.3 Å². The number of rotatable bonds is 5. The fourth-order valence-corrected chi connectivity index (χ4v) is 2.98. The van der Waals surface area contributed by atoms with Crippen molar-refractivity contribution in [3.8, 4) is 0 Å². The van der Waals surface area contributed by atoms with Crippen molar-refractivity contribution in [1.29, 1.82) is 0 Å². The Labute approximate surface area is 157 Å². The van der Waals surface area contributed by atoms with Crippen LogP contribution in [0.25, 0.3) is 0 Å². The summed E-state index contributed by atoms with van der Waals surface area (Å²) in [4.78, 5) is 24.5. The Balaban J connectivity index is 1.75. The van der Waals surface area contributed by atoms with Gasteiger partial charge in [-0.1, -0.05) is 54.1 Å². The van der Waals surface area contributed by atoms with Crippen molar-refractivity contribution in [2.75, 3.05) is 6.61 Å². The van der Waals surface area contributed by atoms with Crippen LogP contribution in [-0.2, 0) is 16.0 Å². The number of allylic oxidation sites excluding steroid dienone is 1. The molecule has 0 unspecified atom stereocenters. The number of halogens is 1. The van der Waals surface area contributed by atoms with Crippen LogP contribution >= 0.6 is 11.6 Å². The summed E-state index contributed by atoms with van der Waals surface area (Å²) in [5, 5.41) is 5.99. The van der Waals surface area contributed by atoms with Crippen LogP contribution < -0.4 is 10.6 Å². The topological polar surface area (TPSA) is 67.4 Å². The van der Waals surface area contributed by atoms with E-state index in [9.17, 15) is 9.59 Å². The molecule has 5 nitrogen and oxygen atoms in total. The predicted molar refractivity (Wildman–Crippen MR) is 99.7 cm³/mol. The summed E-state index contributed by atoms with van der Waals surface area (Å²) in [6.07, 6.45) is 0.629. The molecule has 1 aliphatic rings. The molecule has 3 rings (SSSR count). The summed E-state index contributed by atoms with van der Waals surface area (Å²) < 4.78 is 5.45. The minimum absolute atomic E-state index is 0.265. The molecule has 2 amide bonds. The fraction of sp³-hybridized carbons (Fsp3) is 0.200. The van der Waals surface area contributed by atoms with E-state index in [0.717, 1.165) is 11.1 Å². The first-order chi connectivity index (χ1) is 12.5. The zero-order valence-corrected chi connectivity index (χ0v) is 15.0. The molecule has 1 aliphatic heterocycles. The molecule has 0 aliphatic carbocycles. The van der Waals surface area contributed by atoms with Gasteiger partial charge in [0.15, 0.2) is 0 Å². The van der Waals surface area contributed by atoms with E-state index in [1.165, 1.54) is 0 Å². The van der Waals surface area contributed by atoms with Crippen LogP contribution in [0, 0.1) is 0 Å². The Morgan fingerprint density at radius 2 is 1.81 bits per heavy atom. The van der Waals surface area contributed by atoms with Gasteiger partial charge in [-0.2, -0.15) is 0 Å². The van der Waals surface area contributed by atoms with Crippen LogP contribution in [0.2, 0.25) is 5.02 Å². The van der Waals surface area contributed by atoms with E-state index >= 15 is 0 Å². The maximum absolute atomic E-state index is 12.7. The van der Waals surface area contributed by atoms with Crippen LogP contribution in [0.1, 0.15) is 24.1 Å². The number of esters is 1. The largest absolute Gasteiger partial charge is 0.462 e. The van der Waals surface area contributed by atoms with Crippen molar-refractivity contribution in [3.05, 3.63) is 82.0 Å². The third-order valence-corrected chi connectivity index (χ3v) is 4.41. The van der Waals surface area contributed by atoms with Gasteiger partial charge in [0.25, 0.3) is 0 Å². The number of carbonyl (C=O) groups is 2. The van der Waals surface area contributed by atoms with Gasteiger partial charge in [0.05, 0.1) is 18.2 Å². The highest BCUT2D eigenvalue weighted by Gasteiger charge is 2.32. The Morgan fingerprint density at radius 3 is 2.50 bits per heavy atom. The highest BCUT2D eigenvalue weighted by Crippen LogP contribution is 2.28. The van der Waals surface area contributed by atoms with Gasteiger partial charge >= 0.3 is 12.0 Å². The van der Waals surface area contributed by atoms with E-state index in [2.05, 4.69) is 10.6 Å². The molecule has 0 saturated heterocycles. The summed E-state index contributed by atoms with van der Waals surface area (Å²) in [6.45, 7) is 1.95. The zero-order valence-electron chi connectivity index (χ0n) is 14.3. The lowest BCUT2D eigenvalue weighted by Crippen LogP contribution is -2.45. The summed E-state index contributed by atoms with van der Waals surface area (Å²) in [7, 11) is 0. The molecule has 1 heterocycles. The lowest BCUT2D eigenvalue weighted by molar-refractivity contribution is -0.139. The van der Waals surface area contributed by atoms with Crippen LogP contribution in [0.5, 0.6) is 0 Å². The third kappa shape index (κ3) is 4.24. The smallest absolute Gasteiger partial charge is 0.338 e. The Kier molecular flexibility index (Phi) is 5.58. The molecular weight excluding hydrogens is 352 g/mol. The molecule has 2 aromatic carbocycles. The number of urea groups is 1. The normalized spacial score (nSPS) is 16.7. The average Bonchev–Trinajstić information content (AvgIpc) is 2.62. The first kappa shape index (κ1) is 18.0. The van der Waals surface area contributed by atoms with Gasteiger partial charge < -0.3 is 15.4 Å². The van der Waals surface area contributed by atoms with Crippen molar-refractivity contribution in [2.24, 2.45) is 0 Å². The van der Waals surface area contributed by atoms with Crippen LogP contribution in [0.3, 0.4) is 0 Å². The molecule has 2 aromatic rings. The number of amides is 2. The lowest BCUT2D eigenvalue weighted by atomic mass is 9.95. The van der Waals surface area contributed by atoms with Gasteiger partial charge in [0, 0.05) is 17.1 Å². The SMILES string of the molecule is CC1=C(C(=O)OCCc2ccccc2)[C@@H](c2ccc(Cl)cc2)NC(=O)N1. The summed E-state index contributed by atoms with van der Waals surface area (Å²) in [5.41, 5.74) is 2.73. The maximum Gasteiger partial charge on any atom is 0.338 e. The molecule has 134 valence electrons. The van der Waals surface area contributed by atoms with E-state index in [4.69, 9.17) is 16.3 Å². The third-order valence-electron chi connectivity index (χ3n) is 4.16. The van der Waals surface area contributed by atoms with Crippen molar-refractivity contribution in [3.63, 3.8) is 0 Å². The second kappa shape index (κ2) is 8.06. The fourth-order valence-electron chi connectivity index (χ4n) is 2.85. The molecule has 0 bridgehead atoms. The predicted octanol–water partition coefficient (Wildman–Crippen LogP) is 3.75. The lowest BCUT2D eigenvalue weighted by Gasteiger charge is -2.28. The Morgan fingerprint density at radius 1 is 1.12 bits per heavy atom. The molecule has 0 saturated carbocycles. The van der Waals surface area contributed by atoms with Crippen molar-refractivity contribution in [1.82, 2.24) is 10.6 Å². The first-order valence-corrected chi connectivity index (χ1v) is 8.67. The number of ether oxygens (including phenoxy) is 1. The van der Waals surface area contributed by atoms with E-state index in [1.54, 1.807) is 31.2 Å². The van der Waals surface area contributed by atoms with Gasteiger partial charge in [-0.25, -0.2) is 9.59 Å². The standard InChI is InChI=1S/C20H19ClN2O3/c1-13-17(19(24)26-12-11-14-5-3-2-4-6-14)18(23-20(25)22-13)15-7-9-16(21)10-8-15/h2-10,18H,11-12H2,1H3,(H2,22,23,25)/t18-/m1/s1. The quantitative estimate of drug-likeness (QED) is 0.787. The van der Waals surface area contributed by atoms with Crippen molar-refractivity contribution in [2.45, 2.75) is 19.4 Å². The average molecular weight is 371 g/mol. The monoisotopic (exact) mass is 370 g/mol. The van der Waals surface area contributed by atoms with Crippen LogP contribution in [0.15, 0.2) is 65.9 Å². The molecule has 0 aromatic heterocycles. The second-order valence-electron chi connectivity index (χ2n) is 5.99. The molecule has 0 radical (unpaired) electrons. The number of benzene rings is 2. The van der Waals surface area contributed by atoms with E-state index < -0.39 is 12.0 Å².